The van der Waals surface area contributed by atoms with E-state index in [0.717, 1.165) is 17.0 Å². The Balaban J connectivity index is 1.54. The molecule has 1 aromatic rings. The Kier molecular flexibility index (Phi) is 4.54. The molecule has 2 heterocycles. The van der Waals surface area contributed by atoms with Crippen molar-refractivity contribution in [3.63, 3.8) is 0 Å². The second-order valence-electron chi connectivity index (χ2n) is 5.98. The molecule has 0 aliphatic carbocycles. The molecular formula is C16H24N2OS. The predicted octanol–water partition coefficient (Wildman–Crippen LogP) is 2.62. The summed E-state index contributed by atoms with van der Waals surface area (Å²) in [5, 5.41) is 0. The van der Waals surface area contributed by atoms with Gasteiger partial charge in [-0.15, -0.1) is 0 Å². The zero-order valence-corrected chi connectivity index (χ0v) is 13.1. The SMILES string of the molecule is CN1C[S+]([O-])c2cc(CCCN3CCCCC3)ccc21. The number of nitrogens with zero attached hydrogens (tertiary/aromatic N) is 2. The number of rotatable bonds is 4. The number of benzene rings is 1. The van der Waals surface area contributed by atoms with Crippen molar-refractivity contribution in [2.75, 3.05) is 37.5 Å². The van der Waals surface area contributed by atoms with E-state index in [9.17, 15) is 4.55 Å². The van der Waals surface area contributed by atoms with E-state index in [1.165, 1.54) is 50.9 Å². The fourth-order valence-electron chi connectivity index (χ4n) is 3.22. The topological polar surface area (TPSA) is 29.5 Å². The van der Waals surface area contributed by atoms with E-state index in [-0.39, 0.29) is 0 Å². The zero-order valence-electron chi connectivity index (χ0n) is 12.3. The van der Waals surface area contributed by atoms with Crippen LogP contribution >= 0.6 is 0 Å². The number of hydrogen-bond acceptors (Lipinski definition) is 3. The van der Waals surface area contributed by atoms with E-state index >= 15 is 0 Å². The summed E-state index contributed by atoms with van der Waals surface area (Å²) in [4.78, 5) is 5.70. The van der Waals surface area contributed by atoms with Gasteiger partial charge in [0, 0.05) is 18.2 Å². The lowest BCUT2D eigenvalue weighted by molar-refractivity contribution is 0.226. The lowest BCUT2D eigenvalue weighted by Crippen LogP contribution is -2.30. The van der Waals surface area contributed by atoms with Crippen LogP contribution < -0.4 is 4.90 Å². The van der Waals surface area contributed by atoms with Gasteiger partial charge in [-0.05, 0) is 63.0 Å². The average molecular weight is 292 g/mol. The van der Waals surface area contributed by atoms with Gasteiger partial charge in [-0.1, -0.05) is 12.5 Å². The molecule has 3 rings (SSSR count). The summed E-state index contributed by atoms with van der Waals surface area (Å²) in [5.74, 6) is 0.645. The van der Waals surface area contributed by atoms with E-state index in [1.807, 2.05) is 7.05 Å². The Morgan fingerprint density at radius 1 is 1.20 bits per heavy atom. The standard InChI is InChI=1S/C16H24N2OS/c1-17-13-20(19)16-12-14(7-8-15(16)17)6-5-11-18-9-3-2-4-10-18/h7-8,12H,2-6,9-11,13H2,1H3. The third-order valence-electron chi connectivity index (χ3n) is 4.38. The molecule has 4 heteroatoms. The van der Waals surface area contributed by atoms with Gasteiger partial charge in [0.15, 0.2) is 10.8 Å². The molecular weight excluding hydrogens is 268 g/mol. The first-order valence-corrected chi connectivity index (χ1v) is 9.01. The zero-order chi connectivity index (χ0) is 13.9. The first-order valence-electron chi connectivity index (χ1n) is 7.69. The van der Waals surface area contributed by atoms with Gasteiger partial charge >= 0.3 is 0 Å². The van der Waals surface area contributed by atoms with Crippen molar-refractivity contribution in [1.82, 2.24) is 4.90 Å². The van der Waals surface area contributed by atoms with Crippen molar-refractivity contribution < 1.29 is 4.55 Å². The molecule has 0 aromatic heterocycles. The lowest BCUT2D eigenvalue weighted by atomic mass is 10.1. The lowest BCUT2D eigenvalue weighted by Gasteiger charge is -2.26. The summed E-state index contributed by atoms with van der Waals surface area (Å²) in [6, 6.07) is 6.50. The Labute approximate surface area is 125 Å². The van der Waals surface area contributed by atoms with Crippen LogP contribution in [0.25, 0.3) is 0 Å². The molecule has 1 atom stereocenters. The molecule has 1 aromatic carbocycles. The first kappa shape index (κ1) is 14.2. The predicted molar refractivity (Wildman–Crippen MR) is 84.7 cm³/mol. The van der Waals surface area contributed by atoms with Crippen LogP contribution in [0.3, 0.4) is 0 Å². The molecule has 1 fully saturated rings. The van der Waals surface area contributed by atoms with Crippen LogP contribution in [-0.4, -0.2) is 42.0 Å². The Morgan fingerprint density at radius 3 is 2.80 bits per heavy atom. The fraction of sp³-hybridized carbons (Fsp3) is 0.625. The van der Waals surface area contributed by atoms with Gasteiger partial charge < -0.3 is 14.4 Å². The maximum Gasteiger partial charge on any atom is 0.183 e. The third-order valence-corrected chi connectivity index (χ3v) is 5.82. The minimum absolute atomic E-state index is 0.645. The van der Waals surface area contributed by atoms with Crippen molar-refractivity contribution in [2.24, 2.45) is 0 Å². The molecule has 3 nitrogen and oxygen atoms in total. The molecule has 0 bridgehead atoms. The molecule has 2 aliphatic rings. The fourth-order valence-corrected chi connectivity index (χ4v) is 4.59. The van der Waals surface area contributed by atoms with Crippen molar-refractivity contribution in [1.29, 1.82) is 0 Å². The molecule has 0 N–H and O–H groups in total. The summed E-state index contributed by atoms with van der Waals surface area (Å²) < 4.78 is 12.0. The molecule has 1 unspecified atom stereocenters. The molecule has 20 heavy (non-hydrogen) atoms. The summed E-state index contributed by atoms with van der Waals surface area (Å²) in [5.41, 5.74) is 2.48. The largest absolute Gasteiger partial charge is 0.610 e. The number of piperidine rings is 1. The van der Waals surface area contributed by atoms with Gasteiger partial charge in [0.05, 0.1) is 5.69 Å². The van der Waals surface area contributed by atoms with Gasteiger partial charge in [-0.2, -0.15) is 0 Å². The minimum Gasteiger partial charge on any atom is -0.610 e. The number of anilines is 1. The smallest absolute Gasteiger partial charge is 0.183 e. The first-order chi connectivity index (χ1) is 9.74. The third kappa shape index (κ3) is 3.13. The molecule has 2 aliphatic heterocycles. The number of fused-ring (bicyclic) bond motifs is 1. The van der Waals surface area contributed by atoms with Crippen LogP contribution in [-0.2, 0) is 17.6 Å². The highest BCUT2D eigenvalue weighted by molar-refractivity contribution is 7.92. The highest BCUT2D eigenvalue weighted by Gasteiger charge is 2.28. The Morgan fingerprint density at radius 2 is 2.00 bits per heavy atom. The molecule has 0 radical (unpaired) electrons. The van der Waals surface area contributed by atoms with E-state index in [2.05, 4.69) is 28.0 Å². The molecule has 110 valence electrons. The second-order valence-corrected chi connectivity index (χ2v) is 7.37. The summed E-state index contributed by atoms with van der Waals surface area (Å²) in [7, 11) is 2.01. The second kappa shape index (κ2) is 6.37. The number of aryl methyl sites for hydroxylation is 1. The van der Waals surface area contributed by atoms with E-state index in [1.54, 1.807) is 0 Å². The molecule has 0 saturated carbocycles. The van der Waals surface area contributed by atoms with Crippen molar-refractivity contribution in [2.45, 2.75) is 37.0 Å². The van der Waals surface area contributed by atoms with Crippen LogP contribution in [0.1, 0.15) is 31.2 Å². The maximum absolute atomic E-state index is 12.0. The molecule has 0 spiro atoms. The van der Waals surface area contributed by atoms with Crippen LogP contribution in [0.5, 0.6) is 0 Å². The van der Waals surface area contributed by atoms with Crippen LogP contribution in [0.4, 0.5) is 5.69 Å². The highest BCUT2D eigenvalue weighted by Crippen LogP contribution is 2.33. The van der Waals surface area contributed by atoms with E-state index < -0.39 is 11.2 Å². The van der Waals surface area contributed by atoms with Crippen molar-refractivity contribution >= 4 is 16.9 Å². The summed E-state index contributed by atoms with van der Waals surface area (Å²) in [6.45, 7) is 3.76. The van der Waals surface area contributed by atoms with Gasteiger partial charge in [0.2, 0.25) is 0 Å². The van der Waals surface area contributed by atoms with E-state index in [0.29, 0.717) is 5.88 Å². The Bertz CT molecular complexity index is 460. The summed E-state index contributed by atoms with van der Waals surface area (Å²) in [6.07, 6.45) is 6.45. The number of likely N-dealkylation sites (tertiary alicyclic amines) is 1. The quantitative estimate of drug-likeness (QED) is 0.799. The average Bonchev–Trinajstić information content (AvgIpc) is 2.75. The Hall–Kier alpha value is -0.710. The van der Waals surface area contributed by atoms with Crippen LogP contribution in [0.2, 0.25) is 0 Å². The minimum atomic E-state index is -0.832. The highest BCUT2D eigenvalue weighted by atomic mass is 32.2. The number of hydrogen-bond donors (Lipinski definition) is 0. The van der Waals surface area contributed by atoms with Crippen molar-refractivity contribution in [3.05, 3.63) is 23.8 Å². The van der Waals surface area contributed by atoms with Crippen LogP contribution in [0, 0.1) is 0 Å². The van der Waals surface area contributed by atoms with Crippen LogP contribution in [0.15, 0.2) is 23.1 Å². The monoisotopic (exact) mass is 292 g/mol. The van der Waals surface area contributed by atoms with Crippen molar-refractivity contribution in [3.8, 4) is 0 Å². The van der Waals surface area contributed by atoms with Gasteiger partial charge in [-0.3, -0.25) is 0 Å². The normalized spacial score (nSPS) is 23.1. The summed E-state index contributed by atoms with van der Waals surface area (Å²) >= 11 is -0.832. The van der Waals surface area contributed by atoms with Gasteiger partial charge in [-0.25, -0.2) is 0 Å². The van der Waals surface area contributed by atoms with Gasteiger partial charge in [0.1, 0.15) is 0 Å². The maximum atomic E-state index is 12.0. The molecule has 0 amide bonds. The molecule has 1 saturated heterocycles. The van der Waals surface area contributed by atoms with E-state index in [4.69, 9.17) is 0 Å². The van der Waals surface area contributed by atoms with Gasteiger partial charge in [0.25, 0.3) is 0 Å².